The van der Waals surface area contributed by atoms with E-state index in [0.29, 0.717) is 13.1 Å². The first kappa shape index (κ1) is 15.8. The second-order valence-electron chi connectivity index (χ2n) is 5.36. The van der Waals surface area contributed by atoms with Crippen molar-refractivity contribution in [3.05, 3.63) is 20.8 Å². The molecule has 9 heteroatoms. The summed E-state index contributed by atoms with van der Waals surface area (Å²) in [7, 11) is 0. The fourth-order valence-corrected chi connectivity index (χ4v) is 2.30. The Morgan fingerprint density at radius 3 is 2.59 bits per heavy atom. The van der Waals surface area contributed by atoms with Crippen LogP contribution in [-0.4, -0.2) is 36.7 Å². The van der Waals surface area contributed by atoms with E-state index < -0.39 is 17.2 Å². The Labute approximate surface area is 125 Å². The molecule has 0 aliphatic heterocycles. The highest BCUT2D eigenvalue weighted by Crippen LogP contribution is 2.16. The van der Waals surface area contributed by atoms with E-state index in [2.05, 4.69) is 15.3 Å². The number of rotatable bonds is 6. The number of carboxylic acid groups (broad SMARTS) is 1. The van der Waals surface area contributed by atoms with Crippen LogP contribution < -0.4 is 16.6 Å². The Hall–Kier alpha value is -2.58. The van der Waals surface area contributed by atoms with E-state index in [9.17, 15) is 14.4 Å². The molecule has 0 spiro atoms. The summed E-state index contributed by atoms with van der Waals surface area (Å²) in [4.78, 5) is 41.3. The first-order valence-corrected chi connectivity index (χ1v) is 7.04. The monoisotopic (exact) mass is 309 g/mol. The lowest BCUT2D eigenvalue weighted by Crippen LogP contribution is -2.32. The van der Waals surface area contributed by atoms with Crippen LogP contribution in [0.3, 0.4) is 0 Å². The lowest BCUT2D eigenvalue weighted by atomic mass is 10.2. The maximum absolute atomic E-state index is 12.1. The minimum Gasteiger partial charge on any atom is -0.480 e. The number of imidazole rings is 1. The summed E-state index contributed by atoms with van der Waals surface area (Å²) >= 11 is 0. The van der Waals surface area contributed by atoms with E-state index >= 15 is 0 Å². The third-order valence-electron chi connectivity index (χ3n) is 3.15. The smallest absolute Gasteiger partial charge is 0.330 e. The lowest BCUT2D eigenvalue weighted by Gasteiger charge is -2.08. The van der Waals surface area contributed by atoms with Crippen molar-refractivity contribution in [1.29, 1.82) is 0 Å². The van der Waals surface area contributed by atoms with Crippen LogP contribution in [-0.2, 0) is 17.9 Å². The number of nitrogens with zero attached hydrogens (tertiary/aromatic N) is 3. The van der Waals surface area contributed by atoms with Crippen LogP contribution in [0.5, 0.6) is 0 Å². The van der Waals surface area contributed by atoms with Gasteiger partial charge >= 0.3 is 11.7 Å². The molecule has 0 radical (unpaired) electrons. The summed E-state index contributed by atoms with van der Waals surface area (Å²) in [5.74, 6) is -0.592. The maximum Gasteiger partial charge on any atom is 0.330 e. The number of hydrogen-bond acceptors (Lipinski definition) is 5. The topological polar surface area (TPSA) is 122 Å². The number of fused-ring (bicyclic) bond motifs is 1. The minimum atomic E-state index is -1.04. The Morgan fingerprint density at radius 1 is 1.36 bits per heavy atom. The molecule has 0 aliphatic rings. The molecule has 0 saturated carbocycles. The van der Waals surface area contributed by atoms with Crippen molar-refractivity contribution in [2.75, 3.05) is 11.9 Å². The van der Waals surface area contributed by atoms with Gasteiger partial charge in [0, 0.05) is 13.1 Å². The van der Waals surface area contributed by atoms with E-state index in [0.717, 1.165) is 0 Å². The molecule has 2 rings (SSSR count). The number of aryl methyl sites for hydroxylation is 1. The van der Waals surface area contributed by atoms with Gasteiger partial charge in [0.25, 0.3) is 5.56 Å². The van der Waals surface area contributed by atoms with Gasteiger partial charge in [0.15, 0.2) is 11.2 Å². The average molecular weight is 309 g/mol. The number of aromatic nitrogens is 4. The second kappa shape index (κ2) is 6.04. The Morgan fingerprint density at radius 2 is 2.05 bits per heavy atom. The van der Waals surface area contributed by atoms with Crippen LogP contribution in [0.2, 0.25) is 0 Å². The highest BCUT2D eigenvalue weighted by molar-refractivity contribution is 5.76. The van der Waals surface area contributed by atoms with Crippen LogP contribution >= 0.6 is 0 Å². The predicted molar refractivity (Wildman–Crippen MR) is 81.3 cm³/mol. The van der Waals surface area contributed by atoms with Gasteiger partial charge < -0.3 is 15.0 Å². The van der Waals surface area contributed by atoms with Gasteiger partial charge in [-0.2, -0.15) is 4.98 Å². The molecule has 0 bridgehead atoms. The Bertz CT molecular complexity index is 814. The summed E-state index contributed by atoms with van der Waals surface area (Å²) in [5.41, 5.74) is -0.526. The number of aromatic amines is 1. The van der Waals surface area contributed by atoms with Gasteiger partial charge in [-0.1, -0.05) is 13.8 Å². The average Bonchev–Trinajstić information content (AvgIpc) is 2.79. The third-order valence-corrected chi connectivity index (χ3v) is 3.15. The van der Waals surface area contributed by atoms with Crippen molar-refractivity contribution in [1.82, 2.24) is 19.1 Å². The van der Waals surface area contributed by atoms with Crippen LogP contribution in [0.25, 0.3) is 11.2 Å². The van der Waals surface area contributed by atoms with Gasteiger partial charge in [0.1, 0.15) is 6.54 Å². The van der Waals surface area contributed by atoms with E-state index in [1.807, 2.05) is 20.8 Å². The molecule has 2 aromatic rings. The second-order valence-corrected chi connectivity index (χ2v) is 5.36. The van der Waals surface area contributed by atoms with Crippen LogP contribution in [0, 0.1) is 5.92 Å². The van der Waals surface area contributed by atoms with Gasteiger partial charge in [-0.3, -0.25) is 19.1 Å². The third kappa shape index (κ3) is 2.87. The largest absolute Gasteiger partial charge is 0.480 e. The van der Waals surface area contributed by atoms with E-state index in [1.54, 1.807) is 4.57 Å². The molecule has 0 fully saturated rings. The van der Waals surface area contributed by atoms with Gasteiger partial charge in [-0.25, -0.2) is 4.79 Å². The molecule has 22 heavy (non-hydrogen) atoms. The zero-order chi connectivity index (χ0) is 16.4. The summed E-state index contributed by atoms with van der Waals surface area (Å²) < 4.78 is 2.97. The highest BCUT2D eigenvalue weighted by Gasteiger charge is 2.18. The molecule has 120 valence electrons. The number of H-pyrrole nitrogens is 1. The van der Waals surface area contributed by atoms with Crippen molar-refractivity contribution < 1.29 is 9.90 Å². The number of carboxylic acids is 1. The molecule has 0 atom stereocenters. The van der Waals surface area contributed by atoms with E-state index in [4.69, 9.17) is 5.11 Å². The minimum absolute atomic E-state index is 0.189. The molecule has 0 aromatic carbocycles. The highest BCUT2D eigenvalue weighted by atomic mass is 16.4. The molecular weight excluding hydrogens is 290 g/mol. The molecule has 0 aliphatic carbocycles. The van der Waals surface area contributed by atoms with Gasteiger partial charge in [0.2, 0.25) is 5.95 Å². The number of carbonyl (C=O) groups is 1. The lowest BCUT2D eigenvalue weighted by molar-refractivity contribution is -0.134. The quantitative estimate of drug-likeness (QED) is 0.693. The first-order chi connectivity index (χ1) is 10.3. The Balaban J connectivity index is 2.70. The van der Waals surface area contributed by atoms with Gasteiger partial charge in [-0.15, -0.1) is 0 Å². The van der Waals surface area contributed by atoms with Crippen molar-refractivity contribution in [2.24, 2.45) is 5.92 Å². The van der Waals surface area contributed by atoms with Crippen molar-refractivity contribution in [2.45, 2.75) is 33.9 Å². The molecule has 0 saturated heterocycles. The fourth-order valence-electron chi connectivity index (χ4n) is 2.30. The summed E-state index contributed by atoms with van der Waals surface area (Å²) in [5, 5.41) is 11.4. The summed E-state index contributed by atoms with van der Waals surface area (Å²) in [6.07, 6.45) is 0. The van der Waals surface area contributed by atoms with E-state index in [1.165, 1.54) is 4.57 Å². The molecule has 2 heterocycles. The number of anilines is 1. The zero-order valence-electron chi connectivity index (χ0n) is 12.7. The molecule has 2 aromatic heterocycles. The van der Waals surface area contributed by atoms with Gasteiger partial charge in [-0.05, 0) is 12.8 Å². The standard InChI is InChI=1S/C13H19N5O4/c1-4-17-9-10(15-12(17)14-5-8(19)20)18(6-7(2)3)13(22)16-11(9)21/h7H,4-6H2,1-3H3,(H,14,15)(H,19,20)(H,16,21,22). The molecule has 3 N–H and O–H groups in total. The predicted octanol–water partition coefficient (Wildman–Crippen LogP) is 0.0587. The molecule has 0 amide bonds. The maximum atomic E-state index is 12.1. The van der Waals surface area contributed by atoms with Crippen molar-refractivity contribution in [3.8, 4) is 0 Å². The number of aliphatic carboxylic acids is 1. The van der Waals surface area contributed by atoms with Gasteiger partial charge in [0.05, 0.1) is 0 Å². The normalized spacial score (nSPS) is 11.3. The van der Waals surface area contributed by atoms with Crippen LogP contribution in [0.4, 0.5) is 5.95 Å². The summed E-state index contributed by atoms with van der Waals surface area (Å²) in [6.45, 7) is 6.21. The van der Waals surface area contributed by atoms with Crippen LogP contribution in [0.15, 0.2) is 9.59 Å². The van der Waals surface area contributed by atoms with Crippen molar-refractivity contribution >= 4 is 23.1 Å². The summed E-state index contributed by atoms with van der Waals surface area (Å²) in [6, 6.07) is 0. The zero-order valence-corrected chi connectivity index (χ0v) is 12.7. The SMILES string of the molecule is CCn1c(NCC(=O)O)nc2c1c(=O)[nH]c(=O)n2CC(C)C. The molecule has 0 unspecified atom stereocenters. The molecule has 9 nitrogen and oxygen atoms in total. The fraction of sp³-hybridized carbons (Fsp3) is 0.538. The van der Waals surface area contributed by atoms with Crippen LogP contribution in [0.1, 0.15) is 20.8 Å². The number of nitrogens with one attached hydrogen (secondary N) is 2. The number of hydrogen-bond donors (Lipinski definition) is 3. The Kier molecular flexibility index (Phi) is 4.34. The molecular formula is C13H19N5O4. The van der Waals surface area contributed by atoms with E-state index in [-0.39, 0.29) is 29.6 Å². The first-order valence-electron chi connectivity index (χ1n) is 7.04. The van der Waals surface area contributed by atoms with Crippen molar-refractivity contribution in [3.63, 3.8) is 0 Å².